The Balaban J connectivity index is 2.18. The largest absolute Gasteiger partial charge is 0.236 e. The SMILES string of the molecule is ClC1=NC2=C(/C=C\c3ccccc31)CCC=C2. The minimum atomic E-state index is 0.573. The van der Waals surface area contributed by atoms with Crippen LogP contribution in [0.5, 0.6) is 0 Å². The van der Waals surface area contributed by atoms with Crippen LogP contribution in [0.25, 0.3) is 6.08 Å². The number of hydrogen-bond donors (Lipinski definition) is 0. The zero-order chi connectivity index (χ0) is 11.7. The lowest BCUT2D eigenvalue weighted by molar-refractivity contribution is 0.964. The van der Waals surface area contributed by atoms with Gasteiger partial charge in [0.25, 0.3) is 0 Å². The Morgan fingerprint density at radius 3 is 2.88 bits per heavy atom. The van der Waals surface area contributed by atoms with E-state index in [0.717, 1.165) is 29.7 Å². The monoisotopic (exact) mass is 241 g/mol. The average Bonchev–Trinajstić information content (AvgIpc) is 2.36. The maximum absolute atomic E-state index is 6.29. The van der Waals surface area contributed by atoms with Crippen molar-refractivity contribution in [3.05, 3.63) is 64.9 Å². The van der Waals surface area contributed by atoms with Crippen molar-refractivity contribution < 1.29 is 0 Å². The van der Waals surface area contributed by atoms with Gasteiger partial charge in [-0.15, -0.1) is 0 Å². The quantitative estimate of drug-likeness (QED) is 0.642. The van der Waals surface area contributed by atoms with E-state index in [1.165, 1.54) is 5.57 Å². The molecule has 2 aliphatic rings. The third-order valence-electron chi connectivity index (χ3n) is 3.05. The summed E-state index contributed by atoms with van der Waals surface area (Å²) in [6.45, 7) is 0. The third kappa shape index (κ3) is 1.98. The second-order valence-electron chi connectivity index (χ2n) is 4.17. The first kappa shape index (κ1) is 10.5. The summed E-state index contributed by atoms with van der Waals surface area (Å²) in [4.78, 5) is 4.52. The standard InChI is InChI=1S/C15H12ClN/c16-15-13-7-3-1-5-11(13)9-10-12-6-2-4-8-14(12)17-15/h1,3-5,7-10H,2,6H2/b10-9-,11-9?,12-10?,15-13?,17-14?,17-15?. The number of rotatable bonds is 0. The van der Waals surface area contributed by atoms with Crippen LogP contribution in [0.15, 0.2) is 58.8 Å². The van der Waals surface area contributed by atoms with E-state index >= 15 is 0 Å². The molecule has 0 aromatic heterocycles. The van der Waals surface area contributed by atoms with Gasteiger partial charge in [0.1, 0.15) is 5.17 Å². The van der Waals surface area contributed by atoms with Gasteiger partial charge in [0, 0.05) is 5.56 Å². The maximum atomic E-state index is 6.29. The molecule has 17 heavy (non-hydrogen) atoms. The first-order valence-corrected chi connectivity index (χ1v) is 6.14. The smallest absolute Gasteiger partial charge is 0.137 e. The normalized spacial score (nSPS) is 19.9. The molecular weight excluding hydrogens is 230 g/mol. The van der Waals surface area contributed by atoms with E-state index in [0.29, 0.717) is 5.17 Å². The Morgan fingerprint density at radius 2 is 1.94 bits per heavy atom. The van der Waals surface area contributed by atoms with Crippen molar-refractivity contribution in [1.29, 1.82) is 0 Å². The molecule has 1 heterocycles. The second kappa shape index (κ2) is 4.34. The Labute approximate surface area is 106 Å². The van der Waals surface area contributed by atoms with Crippen molar-refractivity contribution in [3.63, 3.8) is 0 Å². The number of benzene rings is 1. The number of allylic oxidation sites excluding steroid dienone is 4. The van der Waals surface area contributed by atoms with Crippen LogP contribution in [-0.4, -0.2) is 5.17 Å². The molecule has 0 radical (unpaired) electrons. The van der Waals surface area contributed by atoms with Crippen LogP contribution in [0, 0.1) is 0 Å². The van der Waals surface area contributed by atoms with Crippen molar-refractivity contribution in [1.82, 2.24) is 0 Å². The van der Waals surface area contributed by atoms with Gasteiger partial charge >= 0.3 is 0 Å². The van der Waals surface area contributed by atoms with Crippen molar-refractivity contribution in [3.8, 4) is 0 Å². The summed E-state index contributed by atoms with van der Waals surface area (Å²) in [6, 6.07) is 8.07. The van der Waals surface area contributed by atoms with Crippen LogP contribution >= 0.6 is 11.6 Å². The summed E-state index contributed by atoms with van der Waals surface area (Å²) >= 11 is 6.29. The van der Waals surface area contributed by atoms with E-state index in [9.17, 15) is 0 Å². The fraction of sp³-hybridized carbons (Fsp3) is 0.133. The number of aliphatic imine (C=N–C) groups is 1. The van der Waals surface area contributed by atoms with Gasteiger partial charge in [-0.2, -0.15) is 0 Å². The van der Waals surface area contributed by atoms with E-state index in [2.05, 4.69) is 35.4 Å². The van der Waals surface area contributed by atoms with Crippen LogP contribution in [-0.2, 0) is 0 Å². The number of nitrogens with zero attached hydrogens (tertiary/aromatic N) is 1. The van der Waals surface area contributed by atoms with Crippen molar-refractivity contribution in [2.45, 2.75) is 12.8 Å². The Hall–Kier alpha value is -1.60. The molecule has 0 fully saturated rings. The number of halogens is 1. The summed E-state index contributed by atoms with van der Waals surface area (Å²) in [5.74, 6) is 0. The Bertz CT molecular complexity index is 576. The molecular formula is C15H12ClN. The van der Waals surface area contributed by atoms with Gasteiger partial charge in [0.2, 0.25) is 0 Å². The lowest BCUT2D eigenvalue weighted by atomic mass is 9.98. The molecule has 1 aliphatic carbocycles. The van der Waals surface area contributed by atoms with Crippen LogP contribution < -0.4 is 0 Å². The van der Waals surface area contributed by atoms with Gasteiger partial charge in [-0.3, -0.25) is 0 Å². The molecule has 1 aromatic rings. The van der Waals surface area contributed by atoms with Crippen molar-refractivity contribution in [2.75, 3.05) is 0 Å². The maximum Gasteiger partial charge on any atom is 0.137 e. The molecule has 84 valence electrons. The molecule has 2 heteroatoms. The predicted molar refractivity (Wildman–Crippen MR) is 73.3 cm³/mol. The fourth-order valence-corrected chi connectivity index (χ4v) is 2.40. The molecule has 0 bridgehead atoms. The number of fused-ring (bicyclic) bond motifs is 1. The van der Waals surface area contributed by atoms with E-state index in [1.54, 1.807) is 0 Å². The highest BCUT2D eigenvalue weighted by atomic mass is 35.5. The zero-order valence-corrected chi connectivity index (χ0v) is 10.1. The molecule has 0 saturated carbocycles. The van der Waals surface area contributed by atoms with E-state index in [4.69, 9.17) is 11.6 Å². The topological polar surface area (TPSA) is 12.4 Å². The highest BCUT2D eigenvalue weighted by molar-refractivity contribution is 6.70. The van der Waals surface area contributed by atoms with Gasteiger partial charge in [-0.25, -0.2) is 4.99 Å². The molecule has 0 unspecified atom stereocenters. The van der Waals surface area contributed by atoms with Crippen LogP contribution in [0.3, 0.4) is 0 Å². The highest BCUT2D eigenvalue weighted by Gasteiger charge is 2.11. The Morgan fingerprint density at radius 1 is 1.06 bits per heavy atom. The zero-order valence-electron chi connectivity index (χ0n) is 9.36. The molecule has 1 nitrogen and oxygen atoms in total. The molecule has 0 N–H and O–H groups in total. The van der Waals surface area contributed by atoms with Crippen molar-refractivity contribution >= 4 is 22.8 Å². The van der Waals surface area contributed by atoms with Gasteiger partial charge in [0.05, 0.1) is 5.70 Å². The summed E-state index contributed by atoms with van der Waals surface area (Å²) in [6.07, 6.45) is 10.6. The summed E-state index contributed by atoms with van der Waals surface area (Å²) in [7, 11) is 0. The number of hydrogen-bond acceptors (Lipinski definition) is 1. The van der Waals surface area contributed by atoms with Crippen LogP contribution in [0.4, 0.5) is 0 Å². The summed E-state index contributed by atoms with van der Waals surface area (Å²) < 4.78 is 0. The van der Waals surface area contributed by atoms with E-state index in [-0.39, 0.29) is 0 Å². The minimum absolute atomic E-state index is 0.573. The molecule has 0 amide bonds. The minimum Gasteiger partial charge on any atom is -0.236 e. The second-order valence-corrected chi connectivity index (χ2v) is 4.53. The highest BCUT2D eigenvalue weighted by Crippen LogP contribution is 2.26. The van der Waals surface area contributed by atoms with Crippen molar-refractivity contribution in [2.24, 2.45) is 4.99 Å². The fourth-order valence-electron chi connectivity index (χ4n) is 2.13. The first-order chi connectivity index (χ1) is 8.34. The molecule has 0 spiro atoms. The van der Waals surface area contributed by atoms with E-state index in [1.807, 2.05) is 18.2 Å². The predicted octanol–water partition coefficient (Wildman–Crippen LogP) is 4.30. The van der Waals surface area contributed by atoms with E-state index < -0.39 is 0 Å². The third-order valence-corrected chi connectivity index (χ3v) is 3.34. The van der Waals surface area contributed by atoms with Crippen LogP contribution in [0.1, 0.15) is 24.0 Å². The van der Waals surface area contributed by atoms with Gasteiger partial charge < -0.3 is 0 Å². The average molecular weight is 242 g/mol. The molecule has 0 saturated heterocycles. The lowest BCUT2D eigenvalue weighted by Crippen LogP contribution is -2.00. The molecule has 1 aliphatic heterocycles. The summed E-state index contributed by atoms with van der Waals surface area (Å²) in [5.41, 5.74) is 4.38. The lowest BCUT2D eigenvalue weighted by Gasteiger charge is -2.13. The molecule has 1 aromatic carbocycles. The van der Waals surface area contributed by atoms with Crippen LogP contribution in [0.2, 0.25) is 0 Å². The molecule has 3 rings (SSSR count). The Kier molecular flexibility index (Phi) is 2.69. The van der Waals surface area contributed by atoms with Gasteiger partial charge in [-0.1, -0.05) is 54.1 Å². The summed E-state index contributed by atoms with van der Waals surface area (Å²) in [5, 5.41) is 0.573. The van der Waals surface area contributed by atoms with Gasteiger partial charge in [0.15, 0.2) is 0 Å². The van der Waals surface area contributed by atoms with Gasteiger partial charge in [-0.05, 0) is 30.1 Å². The first-order valence-electron chi connectivity index (χ1n) is 5.76. The molecule has 0 atom stereocenters.